The lowest BCUT2D eigenvalue weighted by atomic mass is 10.2. The minimum absolute atomic E-state index is 0.290. The van der Waals surface area contributed by atoms with Crippen molar-refractivity contribution >= 4 is 73.3 Å². The summed E-state index contributed by atoms with van der Waals surface area (Å²) < 4.78 is 20.1. The second kappa shape index (κ2) is 9.37. The number of methoxy groups -OCH3 is 2. The molecule has 0 aliphatic rings. The largest absolute Gasteiger partial charge is 0.496 e. The number of hydrogen-bond acceptors (Lipinski definition) is 6. The molecule has 3 aromatic carbocycles. The van der Waals surface area contributed by atoms with Gasteiger partial charge < -0.3 is 13.9 Å². The van der Waals surface area contributed by atoms with Crippen molar-refractivity contribution in [3.8, 4) is 23.1 Å². The van der Waals surface area contributed by atoms with Crippen LogP contribution in [0.1, 0.15) is 5.56 Å². The minimum Gasteiger partial charge on any atom is -0.496 e. The van der Waals surface area contributed by atoms with Gasteiger partial charge in [0.15, 0.2) is 5.76 Å². The van der Waals surface area contributed by atoms with E-state index in [4.69, 9.17) is 18.9 Å². The Morgan fingerprint density at radius 3 is 2.47 bits per heavy atom. The molecule has 5 aromatic rings. The molecule has 0 radical (unpaired) electrons. The molecule has 0 spiro atoms. The van der Waals surface area contributed by atoms with Crippen LogP contribution in [0.3, 0.4) is 0 Å². The maximum absolute atomic E-state index is 13.4. The van der Waals surface area contributed by atoms with Crippen LogP contribution in [0.5, 0.6) is 11.5 Å². The normalized spacial score (nSPS) is 11.5. The van der Waals surface area contributed by atoms with Gasteiger partial charge in [0, 0.05) is 0 Å². The lowest BCUT2D eigenvalue weighted by Crippen LogP contribution is -2.20. The number of furan rings is 1. The summed E-state index contributed by atoms with van der Waals surface area (Å²) in [6, 6.07) is 18.4. The summed E-state index contributed by atoms with van der Waals surface area (Å²) in [5.74, 6) is 2.20. The predicted molar refractivity (Wildman–Crippen MR) is 149 cm³/mol. The van der Waals surface area contributed by atoms with Crippen LogP contribution in [-0.4, -0.2) is 30.1 Å². The Bertz CT molecular complexity index is 1620. The van der Waals surface area contributed by atoms with Crippen molar-refractivity contribution in [1.29, 1.82) is 0 Å². The first-order valence-electron chi connectivity index (χ1n) is 10.2. The molecule has 0 saturated carbocycles. The fourth-order valence-electron chi connectivity index (χ4n) is 3.69. The SMILES string of the molecule is COc1c(I)cc(C=Nn2c(-c3cc4c(OC)cccc4o3)nc3ccccc3c2=O)cc1I. The molecular weight excluding hydrogens is 660 g/mol. The molecule has 0 amide bonds. The van der Waals surface area contributed by atoms with Gasteiger partial charge in [-0.2, -0.15) is 9.78 Å². The van der Waals surface area contributed by atoms with Crippen molar-refractivity contribution in [2.24, 2.45) is 5.10 Å². The second-order valence-electron chi connectivity index (χ2n) is 7.31. The third kappa shape index (κ3) is 4.06. The van der Waals surface area contributed by atoms with Crippen molar-refractivity contribution in [3.63, 3.8) is 0 Å². The molecule has 2 heterocycles. The highest BCUT2D eigenvalue weighted by Gasteiger charge is 2.18. The standard InChI is InChI=1S/C25H17I2N3O4/c1-32-20-8-5-9-21-16(20)12-22(34-21)24-29-19-7-4-3-6-15(19)25(31)30(24)28-13-14-10-17(26)23(33-2)18(27)11-14/h3-13H,1-2H3. The molecule has 34 heavy (non-hydrogen) atoms. The van der Waals surface area contributed by atoms with Gasteiger partial charge in [0.1, 0.15) is 17.1 Å². The monoisotopic (exact) mass is 677 g/mol. The Morgan fingerprint density at radius 1 is 0.971 bits per heavy atom. The van der Waals surface area contributed by atoms with E-state index in [0.29, 0.717) is 33.8 Å². The molecule has 0 aliphatic carbocycles. The fourth-order valence-corrected chi connectivity index (χ4v) is 5.94. The number of hydrogen-bond donors (Lipinski definition) is 0. The molecule has 7 nitrogen and oxygen atoms in total. The van der Waals surface area contributed by atoms with Gasteiger partial charge in [0.25, 0.3) is 5.56 Å². The molecule has 0 N–H and O–H groups in total. The van der Waals surface area contributed by atoms with Crippen LogP contribution in [0, 0.1) is 7.14 Å². The van der Waals surface area contributed by atoms with Crippen molar-refractivity contribution in [2.45, 2.75) is 0 Å². The van der Waals surface area contributed by atoms with E-state index in [-0.39, 0.29) is 5.56 Å². The van der Waals surface area contributed by atoms with E-state index in [9.17, 15) is 4.79 Å². The van der Waals surface area contributed by atoms with Crippen LogP contribution in [0.4, 0.5) is 0 Å². The van der Waals surface area contributed by atoms with Gasteiger partial charge in [-0.1, -0.05) is 18.2 Å². The first-order chi connectivity index (χ1) is 16.5. The summed E-state index contributed by atoms with van der Waals surface area (Å²) in [7, 11) is 3.25. The molecule has 0 aliphatic heterocycles. The second-order valence-corrected chi connectivity index (χ2v) is 9.64. The lowest BCUT2D eigenvalue weighted by molar-refractivity contribution is 0.409. The van der Waals surface area contributed by atoms with Crippen molar-refractivity contribution in [1.82, 2.24) is 9.66 Å². The molecular formula is C25H17I2N3O4. The van der Waals surface area contributed by atoms with Gasteiger partial charge in [0.05, 0.1) is 43.9 Å². The van der Waals surface area contributed by atoms with Gasteiger partial charge in [-0.3, -0.25) is 4.79 Å². The molecule has 0 atom stereocenters. The smallest absolute Gasteiger partial charge is 0.282 e. The van der Waals surface area contributed by atoms with Crippen LogP contribution in [0.25, 0.3) is 33.5 Å². The summed E-state index contributed by atoms with van der Waals surface area (Å²) in [6.07, 6.45) is 1.63. The number of rotatable bonds is 5. The third-order valence-electron chi connectivity index (χ3n) is 5.26. The maximum atomic E-state index is 13.4. The van der Waals surface area contributed by atoms with E-state index < -0.39 is 0 Å². The van der Waals surface area contributed by atoms with E-state index in [1.54, 1.807) is 38.6 Å². The van der Waals surface area contributed by atoms with E-state index in [2.05, 4.69) is 50.3 Å². The first kappa shape index (κ1) is 22.8. The topological polar surface area (TPSA) is 78.8 Å². The molecule has 5 rings (SSSR count). The molecule has 9 heteroatoms. The molecule has 0 bridgehead atoms. The van der Waals surface area contributed by atoms with E-state index in [1.807, 2.05) is 42.5 Å². The molecule has 0 saturated heterocycles. The van der Waals surface area contributed by atoms with Crippen LogP contribution >= 0.6 is 45.2 Å². The summed E-state index contributed by atoms with van der Waals surface area (Å²) in [4.78, 5) is 18.2. The Labute approximate surface area is 221 Å². The summed E-state index contributed by atoms with van der Waals surface area (Å²) >= 11 is 4.43. The number of aromatic nitrogens is 2. The minimum atomic E-state index is -0.290. The van der Waals surface area contributed by atoms with Crippen LogP contribution < -0.4 is 15.0 Å². The van der Waals surface area contributed by atoms with Gasteiger partial charge in [-0.05, 0) is 93.2 Å². The third-order valence-corrected chi connectivity index (χ3v) is 6.87. The van der Waals surface area contributed by atoms with E-state index >= 15 is 0 Å². The Balaban J connectivity index is 1.72. The number of halogens is 2. The Morgan fingerprint density at radius 2 is 1.74 bits per heavy atom. The molecule has 0 unspecified atom stereocenters. The van der Waals surface area contributed by atoms with Gasteiger partial charge in [-0.15, -0.1) is 0 Å². The highest BCUT2D eigenvalue weighted by molar-refractivity contribution is 14.1. The van der Waals surface area contributed by atoms with Gasteiger partial charge in [-0.25, -0.2) is 4.98 Å². The van der Waals surface area contributed by atoms with Crippen molar-refractivity contribution < 1.29 is 13.9 Å². The zero-order chi connectivity index (χ0) is 23.8. The highest BCUT2D eigenvalue weighted by atomic mass is 127. The highest BCUT2D eigenvalue weighted by Crippen LogP contribution is 2.33. The van der Waals surface area contributed by atoms with Gasteiger partial charge in [0.2, 0.25) is 5.82 Å². The van der Waals surface area contributed by atoms with Crippen molar-refractivity contribution in [2.75, 3.05) is 14.2 Å². The zero-order valence-electron chi connectivity index (χ0n) is 18.1. The van der Waals surface area contributed by atoms with Crippen LogP contribution in [0.15, 0.2) is 75.0 Å². The maximum Gasteiger partial charge on any atom is 0.282 e. The number of fused-ring (bicyclic) bond motifs is 2. The Hall–Kier alpha value is -2.93. The average molecular weight is 677 g/mol. The predicted octanol–water partition coefficient (Wildman–Crippen LogP) is 5.92. The van der Waals surface area contributed by atoms with Gasteiger partial charge >= 0.3 is 0 Å². The average Bonchev–Trinajstić information content (AvgIpc) is 3.27. The lowest BCUT2D eigenvalue weighted by Gasteiger charge is -2.08. The zero-order valence-corrected chi connectivity index (χ0v) is 22.4. The first-order valence-corrected chi connectivity index (χ1v) is 12.3. The van der Waals surface area contributed by atoms with E-state index in [1.165, 1.54) is 4.68 Å². The summed E-state index contributed by atoms with van der Waals surface area (Å²) in [5, 5.41) is 5.79. The number of nitrogens with zero attached hydrogens (tertiary/aromatic N) is 3. The van der Waals surface area contributed by atoms with Crippen LogP contribution in [-0.2, 0) is 0 Å². The van der Waals surface area contributed by atoms with Crippen molar-refractivity contribution in [3.05, 3.63) is 83.7 Å². The summed E-state index contributed by atoms with van der Waals surface area (Å²) in [6.45, 7) is 0. The van der Waals surface area contributed by atoms with Crippen LogP contribution in [0.2, 0.25) is 0 Å². The fraction of sp³-hybridized carbons (Fsp3) is 0.0800. The molecule has 170 valence electrons. The molecule has 2 aromatic heterocycles. The molecule has 0 fully saturated rings. The quantitative estimate of drug-likeness (QED) is 0.171. The summed E-state index contributed by atoms with van der Waals surface area (Å²) in [5.41, 5.74) is 1.73. The number of para-hydroxylation sites is 1. The Kier molecular flexibility index (Phi) is 6.30. The number of benzene rings is 3. The number of ether oxygens (including phenoxy) is 2. The van der Waals surface area contributed by atoms with E-state index in [0.717, 1.165) is 23.8 Å².